The van der Waals surface area contributed by atoms with E-state index in [-0.39, 0.29) is 16.7 Å². The fourth-order valence-corrected chi connectivity index (χ4v) is 2.32. The van der Waals surface area contributed by atoms with Crippen LogP contribution >= 0.6 is 15.9 Å². The summed E-state index contributed by atoms with van der Waals surface area (Å²) in [6.45, 7) is 0.596. The summed E-state index contributed by atoms with van der Waals surface area (Å²) in [5, 5.41) is 0. The molecule has 0 aliphatic heterocycles. The van der Waals surface area contributed by atoms with Gasteiger partial charge in [0.1, 0.15) is 5.78 Å². The Hall–Kier alpha value is -0.670. The minimum absolute atomic E-state index is 0.00160. The van der Waals surface area contributed by atoms with Gasteiger partial charge in [-0.25, -0.2) is 0 Å². The summed E-state index contributed by atoms with van der Waals surface area (Å²) in [6, 6.07) is 10.0. The first kappa shape index (κ1) is 10.8. The van der Waals surface area contributed by atoms with Crippen LogP contribution in [0.4, 0.5) is 0 Å². The highest BCUT2D eigenvalue weighted by molar-refractivity contribution is 9.10. The van der Waals surface area contributed by atoms with Crippen LogP contribution in [0.25, 0.3) is 0 Å². The maximum Gasteiger partial charge on any atom is 0.149 e. The number of carbonyl (C=O) groups is 1. The average molecular weight is 269 g/mol. The molecule has 0 bridgehead atoms. The van der Waals surface area contributed by atoms with Gasteiger partial charge in [-0.05, 0) is 12.0 Å². The number of benzene rings is 1. The second-order valence-corrected chi connectivity index (χ2v) is 4.90. The fraction of sp³-hybridized carbons (Fsp3) is 0.417. The maximum absolute atomic E-state index is 11.3. The molecular formula is C12H13BrO2. The van der Waals surface area contributed by atoms with Crippen molar-refractivity contribution in [1.29, 1.82) is 0 Å². The van der Waals surface area contributed by atoms with Crippen LogP contribution in [0.5, 0.6) is 0 Å². The Bertz CT molecular complexity index is 337. The van der Waals surface area contributed by atoms with Crippen molar-refractivity contribution in [2.24, 2.45) is 0 Å². The number of ether oxygens (including phenoxy) is 1. The van der Waals surface area contributed by atoms with Crippen molar-refractivity contribution >= 4 is 21.7 Å². The fourth-order valence-electron chi connectivity index (χ4n) is 1.71. The van der Waals surface area contributed by atoms with Crippen molar-refractivity contribution in [3.05, 3.63) is 35.9 Å². The highest BCUT2D eigenvalue weighted by Gasteiger charge is 2.30. The second-order valence-electron chi connectivity index (χ2n) is 3.79. The SMILES string of the molecule is O=C1CC(OCc2ccccc2)CC1Br. The zero-order valence-electron chi connectivity index (χ0n) is 8.36. The molecule has 0 spiro atoms. The molecule has 1 saturated carbocycles. The summed E-state index contributed by atoms with van der Waals surface area (Å²) in [5.74, 6) is 0.257. The minimum Gasteiger partial charge on any atom is -0.373 e. The van der Waals surface area contributed by atoms with E-state index in [1.54, 1.807) is 0 Å². The minimum atomic E-state index is -0.00160. The molecule has 15 heavy (non-hydrogen) atoms. The van der Waals surface area contributed by atoms with Gasteiger partial charge in [0.05, 0.1) is 17.5 Å². The van der Waals surface area contributed by atoms with E-state index in [0.29, 0.717) is 13.0 Å². The number of Topliss-reactive ketones (excluding diaryl/α,β-unsaturated/α-hetero) is 1. The zero-order valence-corrected chi connectivity index (χ0v) is 9.94. The van der Waals surface area contributed by atoms with E-state index < -0.39 is 0 Å². The lowest BCUT2D eigenvalue weighted by Crippen LogP contribution is -2.08. The maximum atomic E-state index is 11.3. The predicted molar refractivity (Wildman–Crippen MR) is 62.0 cm³/mol. The van der Waals surface area contributed by atoms with Gasteiger partial charge < -0.3 is 4.74 Å². The second kappa shape index (κ2) is 4.90. The molecule has 2 nitrogen and oxygen atoms in total. The molecule has 3 heteroatoms. The van der Waals surface area contributed by atoms with E-state index in [1.165, 1.54) is 0 Å². The Morgan fingerprint density at radius 3 is 2.67 bits per heavy atom. The van der Waals surface area contributed by atoms with Crippen LogP contribution in [-0.2, 0) is 16.1 Å². The van der Waals surface area contributed by atoms with Crippen LogP contribution in [0.1, 0.15) is 18.4 Å². The number of rotatable bonds is 3. The third kappa shape index (κ3) is 2.89. The zero-order chi connectivity index (χ0) is 10.7. The number of hydrogen-bond acceptors (Lipinski definition) is 2. The lowest BCUT2D eigenvalue weighted by molar-refractivity contribution is -0.117. The summed E-state index contributed by atoms with van der Waals surface area (Å²) in [4.78, 5) is 11.3. The third-order valence-electron chi connectivity index (χ3n) is 2.58. The highest BCUT2D eigenvalue weighted by Crippen LogP contribution is 2.25. The quantitative estimate of drug-likeness (QED) is 0.788. The summed E-state index contributed by atoms with van der Waals surface area (Å²) in [7, 11) is 0. The number of halogens is 1. The van der Waals surface area contributed by atoms with Crippen molar-refractivity contribution in [2.75, 3.05) is 0 Å². The van der Waals surface area contributed by atoms with E-state index in [0.717, 1.165) is 12.0 Å². The Labute approximate surface area is 97.8 Å². The standard InChI is InChI=1S/C12H13BrO2/c13-11-6-10(7-12(11)14)15-8-9-4-2-1-3-5-9/h1-5,10-11H,6-8H2. The van der Waals surface area contributed by atoms with Gasteiger partial charge in [-0.2, -0.15) is 0 Å². The highest BCUT2D eigenvalue weighted by atomic mass is 79.9. The molecule has 1 fully saturated rings. The van der Waals surface area contributed by atoms with Crippen LogP contribution < -0.4 is 0 Å². The number of hydrogen-bond donors (Lipinski definition) is 0. The molecule has 0 amide bonds. The van der Waals surface area contributed by atoms with Gasteiger partial charge >= 0.3 is 0 Å². The molecule has 2 rings (SSSR count). The summed E-state index contributed by atoms with van der Waals surface area (Å²) in [5.41, 5.74) is 1.16. The van der Waals surface area contributed by atoms with Gasteiger partial charge in [-0.3, -0.25) is 4.79 Å². The first-order valence-electron chi connectivity index (χ1n) is 5.08. The van der Waals surface area contributed by atoms with Crippen LogP contribution in [0.3, 0.4) is 0 Å². The van der Waals surface area contributed by atoms with E-state index >= 15 is 0 Å². The third-order valence-corrected chi connectivity index (χ3v) is 3.46. The molecule has 0 heterocycles. The molecule has 2 atom stereocenters. The van der Waals surface area contributed by atoms with Gasteiger partial charge in [0.25, 0.3) is 0 Å². The Morgan fingerprint density at radius 1 is 1.33 bits per heavy atom. The predicted octanol–water partition coefficient (Wildman–Crippen LogP) is 2.70. The van der Waals surface area contributed by atoms with Gasteiger partial charge in [-0.1, -0.05) is 46.3 Å². The number of ketones is 1. The molecule has 0 radical (unpaired) electrons. The van der Waals surface area contributed by atoms with E-state index in [4.69, 9.17) is 4.74 Å². The van der Waals surface area contributed by atoms with Gasteiger partial charge in [-0.15, -0.1) is 0 Å². The Morgan fingerprint density at radius 2 is 2.07 bits per heavy atom. The molecule has 2 unspecified atom stereocenters. The van der Waals surface area contributed by atoms with Crippen LogP contribution in [-0.4, -0.2) is 16.7 Å². The van der Waals surface area contributed by atoms with Crippen LogP contribution in [0.2, 0.25) is 0 Å². The largest absolute Gasteiger partial charge is 0.373 e. The van der Waals surface area contributed by atoms with Crippen molar-refractivity contribution in [1.82, 2.24) is 0 Å². The first-order valence-corrected chi connectivity index (χ1v) is 5.99. The lowest BCUT2D eigenvalue weighted by atomic mass is 10.2. The van der Waals surface area contributed by atoms with Gasteiger partial charge in [0.2, 0.25) is 0 Å². The Kier molecular flexibility index (Phi) is 3.54. The molecular weight excluding hydrogens is 256 g/mol. The first-order chi connectivity index (χ1) is 7.25. The number of alkyl halides is 1. The van der Waals surface area contributed by atoms with Crippen molar-refractivity contribution in [2.45, 2.75) is 30.4 Å². The average Bonchev–Trinajstić information content (AvgIpc) is 2.57. The monoisotopic (exact) mass is 268 g/mol. The van der Waals surface area contributed by atoms with Crippen molar-refractivity contribution < 1.29 is 9.53 Å². The molecule has 1 aliphatic carbocycles. The van der Waals surface area contributed by atoms with Crippen LogP contribution in [0.15, 0.2) is 30.3 Å². The van der Waals surface area contributed by atoms with Gasteiger partial charge in [0, 0.05) is 6.42 Å². The molecule has 1 aliphatic rings. The molecule has 80 valence electrons. The molecule has 0 aromatic heterocycles. The molecule has 1 aromatic carbocycles. The molecule has 1 aromatic rings. The molecule has 0 saturated heterocycles. The Balaban J connectivity index is 1.82. The normalized spacial score (nSPS) is 25.8. The summed E-state index contributed by atoms with van der Waals surface area (Å²) < 4.78 is 5.68. The summed E-state index contributed by atoms with van der Waals surface area (Å²) >= 11 is 3.34. The van der Waals surface area contributed by atoms with E-state index in [9.17, 15) is 4.79 Å². The molecule has 0 N–H and O–H groups in total. The van der Waals surface area contributed by atoms with Crippen LogP contribution in [0, 0.1) is 0 Å². The smallest absolute Gasteiger partial charge is 0.149 e. The van der Waals surface area contributed by atoms with Crippen molar-refractivity contribution in [3.63, 3.8) is 0 Å². The topological polar surface area (TPSA) is 26.3 Å². The summed E-state index contributed by atoms with van der Waals surface area (Å²) in [6.07, 6.45) is 1.43. The lowest BCUT2D eigenvalue weighted by Gasteiger charge is -2.10. The number of carbonyl (C=O) groups excluding carboxylic acids is 1. The van der Waals surface area contributed by atoms with E-state index in [1.807, 2.05) is 30.3 Å². The van der Waals surface area contributed by atoms with Crippen molar-refractivity contribution in [3.8, 4) is 0 Å². The van der Waals surface area contributed by atoms with Gasteiger partial charge in [0.15, 0.2) is 0 Å². The van der Waals surface area contributed by atoms with E-state index in [2.05, 4.69) is 15.9 Å².